The minimum atomic E-state index is -1.02. The average Bonchev–Trinajstić information content (AvgIpc) is 3.19. The maximum Gasteiger partial charge on any atom is 0.335 e. The summed E-state index contributed by atoms with van der Waals surface area (Å²) >= 11 is 0. The fourth-order valence-corrected chi connectivity index (χ4v) is 3.58. The fraction of sp³-hybridized carbons (Fsp3) is 0.167. The quantitative estimate of drug-likeness (QED) is 0.638. The molecule has 2 aromatic carbocycles. The number of anilines is 1. The van der Waals surface area contributed by atoms with Gasteiger partial charge < -0.3 is 5.11 Å². The number of carbonyl (C=O) groups is 2. The molecule has 156 valence electrons. The van der Waals surface area contributed by atoms with Crippen molar-refractivity contribution in [2.45, 2.75) is 27.3 Å². The molecular formula is C24H22N4O3. The third kappa shape index (κ3) is 3.90. The predicted octanol–water partition coefficient (Wildman–Crippen LogP) is 4.05. The van der Waals surface area contributed by atoms with E-state index in [9.17, 15) is 9.59 Å². The number of hydrogen-bond donors (Lipinski definition) is 1. The molecule has 1 aliphatic rings. The number of carboxylic acids is 1. The van der Waals surface area contributed by atoms with E-state index in [4.69, 9.17) is 5.11 Å². The Labute approximate surface area is 179 Å². The van der Waals surface area contributed by atoms with E-state index in [-0.39, 0.29) is 11.5 Å². The number of rotatable bonds is 5. The zero-order valence-electron chi connectivity index (χ0n) is 17.5. The summed E-state index contributed by atoms with van der Waals surface area (Å²) in [6, 6.07) is 16.2. The molecule has 0 saturated carbocycles. The topological polar surface area (TPSA) is 87.8 Å². The third-order valence-electron chi connectivity index (χ3n) is 5.32. The fourth-order valence-electron chi connectivity index (χ4n) is 3.58. The van der Waals surface area contributed by atoms with Crippen molar-refractivity contribution in [3.63, 3.8) is 0 Å². The van der Waals surface area contributed by atoms with Gasteiger partial charge in [-0.2, -0.15) is 15.2 Å². The lowest BCUT2D eigenvalue weighted by atomic mass is 10.1. The largest absolute Gasteiger partial charge is 0.478 e. The summed E-state index contributed by atoms with van der Waals surface area (Å²) in [5.41, 5.74) is 5.63. The van der Waals surface area contributed by atoms with E-state index < -0.39 is 5.97 Å². The van der Waals surface area contributed by atoms with Crippen LogP contribution in [0, 0.1) is 13.8 Å². The minimum Gasteiger partial charge on any atom is -0.478 e. The van der Waals surface area contributed by atoms with Crippen LogP contribution < -0.4 is 5.01 Å². The molecular weight excluding hydrogens is 392 g/mol. The van der Waals surface area contributed by atoms with E-state index >= 15 is 0 Å². The van der Waals surface area contributed by atoms with Crippen LogP contribution in [-0.4, -0.2) is 32.5 Å². The van der Waals surface area contributed by atoms with Gasteiger partial charge in [0.2, 0.25) is 0 Å². The van der Waals surface area contributed by atoms with E-state index in [0.29, 0.717) is 23.5 Å². The van der Waals surface area contributed by atoms with Crippen LogP contribution in [0.25, 0.3) is 6.08 Å². The monoisotopic (exact) mass is 414 g/mol. The summed E-state index contributed by atoms with van der Waals surface area (Å²) in [4.78, 5) is 24.1. The number of hydrogen-bond acceptors (Lipinski definition) is 4. The first-order valence-electron chi connectivity index (χ1n) is 9.88. The van der Waals surface area contributed by atoms with E-state index in [1.165, 1.54) is 17.1 Å². The summed E-state index contributed by atoms with van der Waals surface area (Å²) in [6.07, 6.45) is 1.84. The van der Waals surface area contributed by atoms with E-state index in [1.807, 2.05) is 42.8 Å². The van der Waals surface area contributed by atoms with Crippen molar-refractivity contribution in [1.82, 2.24) is 9.78 Å². The number of aromatic carboxylic acids is 1. The van der Waals surface area contributed by atoms with Crippen LogP contribution in [0.2, 0.25) is 0 Å². The summed E-state index contributed by atoms with van der Waals surface area (Å²) in [5.74, 6) is -1.27. The Morgan fingerprint density at radius 1 is 1.03 bits per heavy atom. The molecule has 0 unspecified atom stereocenters. The van der Waals surface area contributed by atoms with E-state index in [2.05, 4.69) is 22.3 Å². The van der Waals surface area contributed by atoms with Gasteiger partial charge in [0.25, 0.3) is 5.91 Å². The van der Waals surface area contributed by atoms with Crippen LogP contribution >= 0.6 is 0 Å². The Kier molecular flexibility index (Phi) is 5.25. The molecule has 0 atom stereocenters. The molecule has 0 spiro atoms. The highest BCUT2D eigenvalue weighted by Gasteiger charge is 2.29. The molecule has 3 aromatic rings. The molecule has 31 heavy (non-hydrogen) atoms. The van der Waals surface area contributed by atoms with Crippen LogP contribution in [0.15, 0.2) is 65.3 Å². The maximum absolute atomic E-state index is 13.1. The van der Waals surface area contributed by atoms with Crippen LogP contribution in [0.4, 0.5) is 5.69 Å². The van der Waals surface area contributed by atoms with E-state index in [0.717, 1.165) is 22.5 Å². The van der Waals surface area contributed by atoms with Gasteiger partial charge in [-0.1, -0.05) is 30.3 Å². The van der Waals surface area contributed by atoms with Crippen LogP contribution in [0.5, 0.6) is 0 Å². The summed E-state index contributed by atoms with van der Waals surface area (Å²) in [5, 5.41) is 19.4. The Morgan fingerprint density at radius 3 is 2.35 bits per heavy atom. The Hall–Kier alpha value is -4.00. The molecule has 4 rings (SSSR count). The predicted molar refractivity (Wildman–Crippen MR) is 119 cm³/mol. The zero-order valence-corrected chi connectivity index (χ0v) is 17.5. The Balaban J connectivity index is 1.63. The molecule has 1 amide bonds. The molecule has 1 aromatic heterocycles. The second-order valence-corrected chi connectivity index (χ2v) is 7.44. The molecule has 1 N–H and O–H groups in total. The number of hydrazone groups is 1. The molecule has 0 fully saturated rings. The number of carboxylic acid groups (broad SMARTS) is 1. The normalized spacial score (nSPS) is 14.9. The van der Waals surface area contributed by atoms with Crippen molar-refractivity contribution in [3.8, 4) is 0 Å². The van der Waals surface area contributed by atoms with Crippen LogP contribution in [0.1, 0.15) is 39.8 Å². The van der Waals surface area contributed by atoms with Crippen molar-refractivity contribution in [1.29, 1.82) is 0 Å². The first-order valence-corrected chi connectivity index (χ1v) is 9.88. The maximum atomic E-state index is 13.1. The van der Waals surface area contributed by atoms with Crippen molar-refractivity contribution >= 4 is 29.4 Å². The standard InChI is InChI=1S/C24H22N4O3/c1-15-21(17(3)27(25-15)14-18-7-5-4-6-8-18)13-22-16(2)26-28(23(22)29)20-11-9-19(10-12-20)24(30)31/h4-13H,14H2,1-3H3,(H,30,31)/b22-13+. The second kappa shape index (κ2) is 8.02. The van der Waals surface area contributed by atoms with Crippen LogP contribution in [0.3, 0.4) is 0 Å². The molecule has 7 heteroatoms. The molecule has 1 aliphatic heterocycles. The molecule has 0 bridgehead atoms. The van der Waals surface area contributed by atoms with Gasteiger partial charge in [-0.3, -0.25) is 9.48 Å². The molecule has 0 radical (unpaired) electrons. The van der Waals surface area contributed by atoms with Gasteiger partial charge in [0.15, 0.2) is 0 Å². The van der Waals surface area contributed by atoms with Crippen molar-refractivity contribution < 1.29 is 14.7 Å². The van der Waals surface area contributed by atoms with Gasteiger partial charge in [0.05, 0.1) is 34.8 Å². The summed E-state index contributed by atoms with van der Waals surface area (Å²) < 4.78 is 1.94. The lowest BCUT2D eigenvalue weighted by Gasteiger charge is -2.11. The average molecular weight is 414 g/mol. The highest BCUT2D eigenvalue weighted by Crippen LogP contribution is 2.27. The zero-order chi connectivity index (χ0) is 22.1. The van der Waals surface area contributed by atoms with Gasteiger partial charge in [-0.15, -0.1) is 0 Å². The molecule has 2 heterocycles. The lowest BCUT2D eigenvalue weighted by molar-refractivity contribution is -0.114. The van der Waals surface area contributed by atoms with E-state index in [1.54, 1.807) is 19.1 Å². The van der Waals surface area contributed by atoms with Crippen LogP contribution in [-0.2, 0) is 11.3 Å². The minimum absolute atomic E-state index is 0.156. The number of amides is 1. The summed E-state index contributed by atoms with van der Waals surface area (Å²) in [6.45, 7) is 6.35. The van der Waals surface area contributed by atoms with Crippen molar-refractivity contribution in [3.05, 3.63) is 88.2 Å². The number of nitrogens with zero attached hydrogens (tertiary/aromatic N) is 4. The summed E-state index contributed by atoms with van der Waals surface area (Å²) in [7, 11) is 0. The molecule has 7 nitrogen and oxygen atoms in total. The van der Waals surface area contributed by atoms with Crippen molar-refractivity contribution in [2.24, 2.45) is 5.10 Å². The molecule has 0 aliphatic carbocycles. The van der Waals surface area contributed by atoms with Gasteiger partial charge in [-0.25, -0.2) is 4.79 Å². The first kappa shape index (κ1) is 20.3. The van der Waals surface area contributed by atoms with Crippen molar-refractivity contribution in [2.75, 3.05) is 5.01 Å². The number of aromatic nitrogens is 2. The first-order chi connectivity index (χ1) is 14.8. The van der Waals surface area contributed by atoms with Gasteiger partial charge in [-0.05, 0) is 56.7 Å². The highest BCUT2D eigenvalue weighted by atomic mass is 16.4. The van der Waals surface area contributed by atoms with Gasteiger partial charge in [0, 0.05) is 11.3 Å². The number of benzene rings is 2. The number of aryl methyl sites for hydroxylation is 1. The number of carbonyl (C=O) groups excluding carboxylic acids is 1. The SMILES string of the molecule is CC1=NN(c2ccc(C(=O)O)cc2)C(=O)/C1=C/c1c(C)nn(Cc2ccccc2)c1C. The third-order valence-corrected chi connectivity index (χ3v) is 5.32. The van der Waals surface area contributed by atoms with Gasteiger partial charge in [0.1, 0.15) is 0 Å². The smallest absolute Gasteiger partial charge is 0.335 e. The molecule has 0 saturated heterocycles. The Morgan fingerprint density at radius 2 is 1.71 bits per heavy atom. The highest BCUT2D eigenvalue weighted by molar-refractivity contribution is 6.32. The lowest BCUT2D eigenvalue weighted by Crippen LogP contribution is -2.21. The Bertz CT molecular complexity index is 1220. The van der Waals surface area contributed by atoms with Gasteiger partial charge >= 0.3 is 5.97 Å². The second-order valence-electron chi connectivity index (χ2n) is 7.44.